The van der Waals surface area contributed by atoms with Crippen LogP contribution in [-0.4, -0.2) is 28.5 Å². The second kappa shape index (κ2) is 5.12. The van der Waals surface area contributed by atoms with Crippen LogP contribution in [0.15, 0.2) is 12.1 Å². The predicted octanol–water partition coefficient (Wildman–Crippen LogP) is 2.29. The van der Waals surface area contributed by atoms with Gasteiger partial charge in [-0.1, -0.05) is 6.92 Å². The maximum atomic E-state index is 12.3. The quantitative estimate of drug-likeness (QED) is 0.670. The molecule has 6 nitrogen and oxygen atoms in total. The summed E-state index contributed by atoms with van der Waals surface area (Å²) in [5.41, 5.74) is 1.56. The first-order valence-electron chi connectivity index (χ1n) is 7.52. The van der Waals surface area contributed by atoms with Crippen molar-refractivity contribution < 1.29 is 14.3 Å². The van der Waals surface area contributed by atoms with E-state index in [0.717, 1.165) is 29.7 Å². The van der Waals surface area contributed by atoms with Crippen LogP contribution >= 0.6 is 0 Å². The van der Waals surface area contributed by atoms with Crippen molar-refractivity contribution in [2.24, 2.45) is 0 Å². The molecule has 1 aromatic heterocycles. The molecule has 2 N–H and O–H groups in total. The van der Waals surface area contributed by atoms with Gasteiger partial charge >= 0.3 is 5.97 Å². The van der Waals surface area contributed by atoms with Crippen LogP contribution in [0.1, 0.15) is 38.6 Å². The topological polar surface area (TPSA) is 84.1 Å². The van der Waals surface area contributed by atoms with Gasteiger partial charge in [0.2, 0.25) is 5.91 Å². The zero-order valence-electron chi connectivity index (χ0n) is 12.9. The minimum atomic E-state index is -1.32. The minimum Gasteiger partial charge on any atom is -0.465 e. The lowest BCUT2D eigenvalue weighted by molar-refractivity contribution is -0.152. The summed E-state index contributed by atoms with van der Waals surface area (Å²) in [6.07, 6.45) is 1.86. The third-order valence-corrected chi connectivity index (χ3v) is 4.08. The highest BCUT2D eigenvalue weighted by atomic mass is 16.5. The molecule has 1 amide bonds. The third-order valence-electron chi connectivity index (χ3n) is 4.08. The number of benzene rings is 1. The molecule has 0 bridgehead atoms. The van der Waals surface area contributed by atoms with Gasteiger partial charge in [0.05, 0.1) is 17.6 Å². The number of fused-ring (bicyclic) bond motifs is 2. The number of aryl methyl sites for hydroxylation is 1. The van der Waals surface area contributed by atoms with Crippen LogP contribution in [0.2, 0.25) is 0 Å². The van der Waals surface area contributed by atoms with Gasteiger partial charge in [-0.15, -0.1) is 0 Å². The zero-order chi connectivity index (χ0) is 15.9. The van der Waals surface area contributed by atoms with Crippen molar-refractivity contribution in [2.75, 3.05) is 11.9 Å². The average molecular weight is 301 g/mol. The number of H-pyrrole nitrogens is 1. The molecule has 0 radical (unpaired) electrons. The normalized spacial score (nSPS) is 20.0. The van der Waals surface area contributed by atoms with Gasteiger partial charge in [0.25, 0.3) is 0 Å². The molecule has 6 heteroatoms. The van der Waals surface area contributed by atoms with E-state index in [4.69, 9.17) is 4.74 Å². The van der Waals surface area contributed by atoms with Crippen LogP contribution in [0.3, 0.4) is 0 Å². The monoisotopic (exact) mass is 301 g/mol. The molecule has 2 heterocycles. The van der Waals surface area contributed by atoms with Crippen molar-refractivity contribution in [3.63, 3.8) is 0 Å². The van der Waals surface area contributed by atoms with Crippen molar-refractivity contribution in [3.05, 3.63) is 23.5 Å². The number of carbonyl (C=O) groups excluding carboxylic acids is 2. The molecule has 1 aromatic carbocycles. The zero-order valence-corrected chi connectivity index (χ0v) is 12.9. The van der Waals surface area contributed by atoms with Gasteiger partial charge in [0.1, 0.15) is 5.82 Å². The largest absolute Gasteiger partial charge is 0.465 e. The number of rotatable bonds is 4. The van der Waals surface area contributed by atoms with Crippen LogP contribution in [0.25, 0.3) is 11.0 Å². The highest BCUT2D eigenvalue weighted by molar-refractivity contribution is 6.19. The summed E-state index contributed by atoms with van der Waals surface area (Å²) in [5.74, 6) is 0.0163. The molecule has 0 spiro atoms. The van der Waals surface area contributed by atoms with E-state index in [0.29, 0.717) is 11.3 Å². The first-order valence-corrected chi connectivity index (χ1v) is 7.52. The van der Waals surface area contributed by atoms with E-state index >= 15 is 0 Å². The standard InChI is InChI=1S/C16H19N3O3/c1-4-6-13-17-11-7-9-10(8-12(11)18-13)19-14(20)16(9,3)15(21)22-5-2/h7-8H,4-6H2,1-3H3,(H,17,18)(H,19,20). The Hall–Kier alpha value is -2.37. The molecular weight excluding hydrogens is 282 g/mol. The van der Waals surface area contributed by atoms with Crippen molar-refractivity contribution in [3.8, 4) is 0 Å². The molecule has 22 heavy (non-hydrogen) atoms. The van der Waals surface area contributed by atoms with Crippen LogP contribution in [0, 0.1) is 0 Å². The van der Waals surface area contributed by atoms with Gasteiger partial charge in [0, 0.05) is 17.7 Å². The second-order valence-corrected chi connectivity index (χ2v) is 5.65. The van der Waals surface area contributed by atoms with Gasteiger partial charge in [-0.3, -0.25) is 9.59 Å². The van der Waals surface area contributed by atoms with Gasteiger partial charge in [-0.2, -0.15) is 0 Å². The first kappa shape index (κ1) is 14.6. The van der Waals surface area contributed by atoms with Crippen LogP contribution in [0.4, 0.5) is 5.69 Å². The van der Waals surface area contributed by atoms with Crippen LogP contribution in [-0.2, 0) is 26.2 Å². The van der Waals surface area contributed by atoms with Gasteiger partial charge < -0.3 is 15.0 Å². The molecular formula is C16H19N3O3. The number of hydrogen-bond donors (Lipinski definition) is 2. The van der Waals surface area contributed by atoms with Crippen molar-refractivity contribution in [1.82, 2.24) is 9.97 Å². The fraction of sp³-hybridized carbons (Fsp3) is 0.438. The smallest absolute Gasteiger partial charge is 0.326 e. The van der Waals surface area contributed by atoms with Gasteiger partial charge in [0.15, 0.2) is 5.41 Å². The Morgan fingerprint density at radius 3 is 2.82 bits per heavy atom. The van der Waals surface area contributed by atoms with Gasteiger partial charge in [-0.05, 0) is 32.4 Å². The number of nitrogens with one attached hydrogen (secondary N) is 2. The molecule has 1 aliphatic heterocycles. The number of carbonyl (C=O) groups is 2. The summed E-state index contributed by atoms with van der Waals surface area (Å²) < 4.78 is 5.08. The van der Waals surface area contributed by atoms with E-state index < -0.39 is 11.4 Å². The second-order valence-electron chi connectivity index (χ2n) is 5.65. The minimum absolute atomic E-state index is 0.238. The van der Waals surface area contributed by atoms with Gasteiger partial charge in [-0.25, -0.2) is 4.98 Å². The van der Waals surface area contributed by atoms with Crippen molar-refractivity contribution in [1.29, 1.82) is 0 Å². The SMILES string of the molecule is CCCc1nc2cc3c(cc2[nH]1)NC(=O)C3(C)C(=O)OCC. The number of aromatic amines is 1. The number of amides is 1. The molecule has 0 fully saturated rings. The molecule has 0 saturated heterocycles. The van der Waals surface area contributed by atoms with E-state index in [-0.39, 0.29) is 12.5 Å². The van der Waals surface area contributed by atoms with Crippen LogP contribution < -0.4 is 5.32 Å². The molecule has 2 aromatic rings. The number of nitrogens with zero attached hydrogens (tertiary/aromatic N) is 1. The fourth-order valence-corrected chi connectivity index (χ4v) is 2.83. The lowest BCUT2D eigenvalue weighted by atomic mass is 9.83. The molecule has 0 saturated carbocycles. The number of hydrogen-bond acceptors (Lipinski definition) is 4. The number of imidazole rings is 1. The predicted molar refractivity (Wildman–Crippen MR) is 82.7 cm³/mol. The Kier molecular flexibility index (Phi) is 3.39. The molecule has 1 unspecified atom stereocenters. The molecule has 1 atom stereocenters. The number of aromatic nitrogens is 2. The first-order chi connectivity index (χ1) is 10.5. The van der Waals surface area contributed by atoms with Crippen molar-refractivity contribution in [2.45, 2.75) is 39.0 Å². The third kappa shape index (κ3) is 1.98. The summed E-state index contributed by atoms with van der Waals surface area (Å²) in [6, 6.07) is 3.63. The van der Waals surface area contributed by atoms with E-state index in [2.05, 4.69) is 22.2 Å². The summed E-state index contributed by atoms with van der Waals surface area (Å²) >= 11 is 0. The molecule has 1 aliphatic rings. The number of anilines is 1. The van der Waals surface area contributed by atoms with Crippen LogP contribution in [0.5, 0.6) is 0 Å². The van der Waals surface area contributed by atoms with Crippen molar-refractivity contribution >= 4 is 28.6 Å². The number of ether oxygens (including phenoxy) is 1. The van der Waals surface area contributed by atoms with E-state index in [9.17, 15) is 9.59 Å². The fourth-order valence-electron chi connectivity index (χ4n) is 2.83. The lowest BCUT2D eigenvalue weighted by Gasteiger charge is -2.19. The summed E-state index contributed by atoms with van der Waals surface area (Å²) in [4.78, 5) is 32.3. The highest BCUT2D eigenvalue weighted by Gasteiger charge is 2.50. The molecule has 0 aliphatic carbocycles. The Labute approximate surface area is 128 Å². The Bertz CT molecular complexity index is 765. The van der Waals surface area contributed by atoms with E-state index in [1.165, 1.54) is 0 Å². The molecule has 3 rings (SSSR count). The average Bonchev–Trinajstić information content (AvgIpc) is 2.97. The Balaban J connectivity index is 2.12. The van der Waals surface area contributed by atoms with E-state index in [1.807, 2.05) is 6.07 Å². The Morgan fingerprint density at radius 1 is 1.36 bits per heavy atom. The highest BCUT2D eigenvalue weighted by Crippen LogP contribution is 2.40. The number of esters is 1. The lowest BCUT2D eigenvalue weighted by Crippen LogP contribution is -2.40. The van der Waals surface area contributed by atoms with E-state index in [1.54, 1.807) is 19.9 Å². The molecule has 116 valence electrons. The maximum absolute atomic E-state index is 12.3. The maximum Gasteiger partial charge on any atom is 0.326 e. The summed E-state index contributed by atoms with van der Waals surface area (Å²) in [5, 5.41) is 2.77. The Morgan fingerprint density at radius 2 is 2.14 bits per heavy atom. The summed E-state index contributed by atoms with van der Waals surface area (Å²) in [7, 11) is 0. The summed E-state index contributed by atoms with van der Waals surface area (Å²) in [6.45, 7) is 5.65.